The van der Waals surface area contributed by atoms with Crippen LogP contribution in [0.1, 0.15) is 11.4 Å². The van der Waals surface area contributed by atoms with E-state index in [4.69, 9.17) is 0 Å². The lowest BCUT2D eigenvalue weighted by Crippen LogP contribution is -2.33. The Morgan fingerprint density at radius 1 is 1.56 bits per heavy atom. The number of likely N-dealkylation sites (N-methyl/N-ethyl adjacent to an activating group) is 1. The number of hydrogen-bond donors (Lipinski definition) is 1. The van der Waals surface area contributed by atoms with E-state index in [1.165, 1.54) is 0 Å². The van der Waals surface area contributed by atoms with Crippen molar-refractivity contribution in [1.29, 1.82) is 0 Å². The molecule has 1 amide bonds. The Hall–Kier alpha value is -0.880. The van der Waals surface area contributed by atoms with Crippen LogP contribution in [0.3, 0.4) is 0 Å². The Morgan fingerprint density at radius 2 is 2.19 bits per heavy atom. The van der Waals surface area contributed by atoms with Gasteiger partial charge in [-0.05, 0) is 22.9 Å². The average Bonchev–Trinajstić information content (AvgIpc) is 2.44. The summed E-state index contributed by atoms with van der Waals surface area (Å²) < 4.78 is 2.81. The van der Waals surface area contributed by atoms with E-state index in [-0.39, 0.29) is 5.91 Å². The molecule has 0 aromatic carbocycles. The van der Waals surface area contributed by atoms with Gasteiger partial charge in [0, 0.05) is 27.7 Å². The zero-order chi connectivity index (χ0) is 12.3. The average molecular weight is 289 g/mol. The molecule has 1 N–H and O–H groups in total. The number of rotatable bonds is 4. The third kappa shape index (κ3) is 3.05. The lowest BCUT2D eigenvalue weighted by Gasteiger charge is -2.11. The number of aromatic nitrogens is 2. The molecule has 16 heavy (non-hydrogen) atoms. The zero-order valence-electron chi connectivity index (χ0n) is 10.0. The molecule has 1 aromatic rings. The van der Waals surface area contributed by atoms with E-state index in [2.05, 4.69) is 26.3 Å². The minimum absolute atomic E-state index is 0.0648. The van der Waals surface area contributed by atoms with Crippen LogP contribution in [0, 0.1) is 6.92 Å². The number of nitrogens with one attached hydrogen (secondary N) is 1. The van der Waals surface area contributed by atoms with Crippen LogP contribution in [0.2, 0.25) is 0 Å². The second-order valence-electron chi connectivity index (χ2n) is 3.86. The minimum atomic E-state index is 0.0648. The number of amides is 1. The van der Waals surface area contributed by atoms with E-state index in [9.17, 15) is 4.79 Å². The van der Waals surface area contributed by atoms with Crippen LogP contribution in [0.25, 0.3) is 0 Å². The number of carbonyl (C=O) groups excluding carboxylic acids is 1. The second-order valence-corrected chi connectivity index (χ2v) is 4.65. The number of nitrogens with zero attached hydrogens (tertiary/aromatic N) is 3. The lowest BCUT2D eigenvalue weighted by molar-refractivity contribution is -0.127. The fraction of sp³-hybridized carbons (Fsp3) is 0.600. The molecule has 1 heterocycles. The van der Waals surface area contributed by atoms with Crippen LogP contribution in [-0.4, -0.2) is 41.2 Å². The van der Waals surface area contributed by atoms with Gasteiger partial charge in [0.1, 0.15) is 0 Å². The molecule has 90 valence electrons. The minimum Gasteiger partial charge on any atom is -0.348 e. The van der Waals surface area contributed by atoms with Crippen LogP contribution >= 0.6 is 15.9 Å². The van der Waals surface area contributed by atoms with Gasteiger partial charge >= 0.3 is 0 Å². The molecule has 0 saturated heterocycles. The first kappa shape index (κ1) is 13.2. The van der Waals surface area contributed by atoms with Gasteiger partial charge in [0.2, 0.25) is 5.91 Å². The summed E-state index contributed by atoms with van der Waals surface area (Å²) in [6, 6.07) is 0. The SMILES string of the molecule is Cc1nn(C)c(CNCC(=O)N(C)C)c1Br. The number of halogens is 1. The van der Waals surface area contributed by atoms with Gasteiger partial charge < -0.3 is 10.2 Å². The Labute approximate surface area is 104 Å². The number of carbonyl (C=O) groups is 1. The largest absolute Gasteiger partial charge is 0.348 e. The van der Waals surface area contributed by atoms with Crippen molar-refractivity contribution >= 4 is 21.8 Å². The van der Waals surface area contributed by atoms with E-state index < -0.39 is 0 Å². The summed E-state index contributed by atoms with van der Waals surface area (Å²) in [4.78, 5) is 12.9. The monoisotopic (exact) mass is 288 g/mol. The zero-order valence-corrected chi connectivity index (χ0v) is 11.6. The van der Waals surface area contributed by atoms with Crippen molar-refractivity contribution in [2.75, 3.05) is 20.6 Å². The van der Waals surface area contributed by atoms with Crippen molar-refractivity contribution in [3.05, 3.63) is 15.9 Å². The van der Waals surface area contributed by atoms with Crippen LogP contribution in [0.4, 0.5) is 0 Å². The highest BCUT2D eigenvalue weighted by Gasteiger charge is 2.10. The predicted molar refractivity (Wildman–Crippen MR) is 66.0 cm³/mol. The van der Waals surface area contributed by atoms with Crippen LogP contribution in [0.15, 0.2) is 4.47 Å². The first-order valence-corrected chi connectivity index (χ1v) is 5.81. The van der Waals surface area contributed by atoms with Crippen molar-refractivity contribution in [2.45, 2.75) is 13.5 Å². The van der Waals surface area contributed by atoms with Crippen molar-refractivity contribution in [3.63, 3.8) is 0 Å². The van der Waals surface area contributed by atoms with Crippen molar-refractivity contribution in [2.24, 2.45) is 7.05 Å². The predicted octanol–water partition coefficient (Wildman–Crippen LogP) is 0.669. The second kappa shape index (κ2) is 5.45. The standard InChI is InChI=1S/C10H17BrN4O/c1-7-10(11)8(15(4)13-7)5-12-6-9(16)14(2)3/h12H,5-6H2,1-4H3. The highest BCUT2D eigenvalue weighted by Crippen LogP contribution is 2.19. The summed E-state index contributed by atoms with van der Waals surface area (Å²) in [6.07, 6.45) is 0. The van der Waals surface area contributed by atoms with Crippen LogP contribution < -0.4 is 5.32 Å². The molecular weight excluding hydrogens is 272 g/mol. The molecule has 0 bridgehead atoms. The van der Waals surface area contributed by atoms with Gasteiger partial charge in [-0.25, -0.2) is 0 Å². The third-order valence-corrected chi connectivity index (χ3v) is 3.36. The van der Waals surface area contributed by atoms with Gasteiger partial charge in [0.05, 0.1) is 22.4 Å². The summed E-state index contributed by atoms with van der Waals surface area (Å²) >= 11 is 3.48. The van der Waals surface area contributed by atoms with Gasteiger partial charge in [-0.2, -0.15) is 5.10 Å². The fourth-order valence-electron chi connectivity index (χ4n) is 1.32. The molecule has 6 heteroatoms. The smallest absolute Gasteiger partial charge is 0.236 e. The highest BCUT2D eigenvalue weighted by atomic mass is 79.9. The topological polar surface area (TPSA) is 50.2 Å². The van der Waals surface area contributed by atoms with Gasteiger partial charge in [-0.1, -0.05) is 0 Å². The molecule has 5 nitrogen and oxygen atoms in total. The van der Waals surface area contributed by atoms with Crippen LogP contribution in [0.5, 0.6) is 0 Å². The maximum atomic E-state index is 11.3. The molecule has 0 unspecified atom stereocenters. The van der Waals surface area contributed by atoms with Gasteiger partial charge in [0.25, 0.3) is 0 Å². The van der Waals surface area contributed by atoms with Crippen molar-refractivity contribution < 1.29 is 4.79 Å². The third-order valence-electron chi connectivity index (χ3n) is 2.33. The molecule has 0 aliphatic rings. The molecule has 0 atom stereocenters. The van der Waals surface area contributed by atoms with E-state index in [0.717, 1.165) is 15.9 Å². The van der Waals surface area contributed by atoms with Crippen LogP contribution in [-0.2, 0) is 18.4 Å². The lowest BCUT2D eigenvalue weighted by atomic mass is 10.3. The van der Waals surface area contributed by atoms with E-state index >= 15 is 0 Å². The quantitative estimate of drug-likeness (QED) is 0.886. The van der Waals surface area contributed by atoms with Gasteiger partial charge in [-0.3, -0.25) is 9.48 Å². The van der Waals surface area contributed by atoms with E-state index in [1.807, 2.05) is 18.7 Å². The first-order valence-electron chi connectivity index (χ1n) is 5.02. The highest BCUT2D eigenvalue weighted by molar-refractivity contribution is 9.10. The summed E-state index contributed by atoms with van der Waals surface area (Å²) in [5.41, 5.74) is 2.00. The molecular formula is C10H17BrN4O. The van der Waals surface area contributed by atoms with Gasteiger partial charge in [-0.15, -0.1) is 0 Å². The Balaban J connectivity index is 2.52. The van der Waals surface area contributed by atoms with Gasteiger partial charge in [0.15, 0.2) is 0 Å². The molecule has 0 fully saturated rings. The van der Waals surface area contributed by atoms with Crippen molar-refractivity contribution in [3.8, 4) is 0 Å². The molecule has 0 aliphatic carbocycles. The Morgan fingerprint density at radius 3 is 2.62 bits per heavy atom. The molecule has 0 spiro atoms. The Kier molecular flexibility index (Phi) is 4.49. The molecule has 0 saturated carbocycles. The summed E-state index contributed by atoms with van der Waals surface area (Å²) in [5, 5.41) is 7.37. The number of aryl methyl sites for hydroxylation is 2. The summed E-state index contributed by atoms with van der Waals surface area (Å²) in [5.74, 6) is 0.0648. The fourth-order valence-corrected chi connectivity index (χ4v) is 1.79. The van der Waals surface area contributed by atoms with Crippen molar-refractivity contribution in [1.82, 2.24) is 20.0 Å². The van der Waals surface area contributed by atoms with E-state index in [0.29, 0.717) is 13.1 Å². The number of hydrogen-bond acceptors (Lipinski definition) is 3. The Bertz CT molecular complexity index is 386. The maximum Gasteiger partial charge on any atom is 0.236 e. The molecule has 0 aliphatic heterocycles. The maximum absolute atomic E-state index is 11.3. The summed E-state index contributed by atoms with van der Waals surface area (Å²) in [7, 11) is 5.38. The van der Waals surface area contributed by atoms with E-state index in [1.54, 1.807) is 19.0 Å². The molecule has 1 rings (SSSR count). The first-order chi connectivity index (χ1) is 7.43. The summed E-state index contributed by atoms with van der Waals surface area (Å²) in [6.45, 7) is 2.90. The molecule has 0 radical (unpaired) electrons. The molecule has 1 aromatic heterocycles. The normalized spacial score (nSPS) is 10.6.